The molecule has 0 saturated heterocycles. The Kier molecular flexibility index (Phi) is 5.07. The number of hydrogen-bond donors (Lipinski definition) is 0. The van der Waals surface area contributed by atoms with Crippen LogP contribution in [0.5, 0.6) is 0 Å². The minimum absolute atomic E-state index is 0.101. The summed E-state index contributed by atoms with van der Waals surface area (Å²) in [6, 6.07) is 20.3. The van der Waals surface area contributed by atoms with Gasteiger partial charge >= 0.3 is 0 Å². The molecule has 0 aliphatic heterocycles. The van der Waals surface area contributed by atoms with E-state index >= 15 is 0 Å². The summed E-state index contributed by atoms with van der Waals surface area (Å²) in [7, 11) is 0. The van der Waals surface area contributed by atoms with E-state index in [1.165, 1.54) is 36.0 Å². The molecule has 0 N–H and O–H groups in total. The molecule has 32 heavy (non-hydrogen) atoms. The summed E-state index contributed by atoms with van der Waals surface area (Å²) >= 11 is 1.22. The van der Waals surface area contributed by atoms with Gasteiger partial charge in [-0.3, -0.25) is 14.0 Å². The molecule has 5 rings (SSSR count). The van der Waals surface area contributed by atoms with Gasteiger partial charge in [0.15, 0.2) is 10.9 Å². The first-order valence-corrected chi connectivity index (χ1v) is 10.9. The Hall–Kier alpha value is -3.78. The maximum atomic E-state index is 13.4. The van der Waals surface area contributed by atoms with Gasteiger partial charge in [0.05, 0.1) is 22.3 Å². The average molecular weight is 444 g/mol. The number of aryl methyl sites for hydroxylation is 1. The lowest BCUT2D eigenvalue weighted by Crippen LogP contribution is -2.22. The third-order valence-corrected chi connectivity index (χ3v) is 6.18. The molecule has 0 aliphatic carbocycles. The second kappa shape index (κ2) is 8.05. The molecule has 5 aromatic rings. The molecule has 0 bridgehead atoms. The number of fused-ring (bicyclic) bond motifs is 3. The predicted octanol–water partition coefficient (Wildman–Crippen LogP) is 4.46. The average Bonchev–Trinajstić information content (AvgIpc) is 3.23. The van der Waals surface area contributed by atoms with E-state index in [0.717, 1.165) is 11.3 Å². The maximum Gasteiger partial charge on any atom is 0.267 e. The molecule has 158 valence electrons. The number of hydrogen-bond acceptors (Lipinski definition) is 5. The molecule has 8 heteroatoms. The SMILES string of the molecule is Cc1ccccc1-n1c(=O)c2ccccc2n2c(SCC(=O)c3ccc(F)cc3)nnc12. The van der Waals surface area contributed by atoms with Crippen molar-refractivity contribution in [2.45, 2.75) is 12.1 Å². The van der Waals surface area contributed by atoms with Gasteiger partial charge in [-0.05, 0) is 55.0 Å². The van der Waals surface area contributed by atoms with Gasteiger partial charge in [0.2, 0.25) is 5.78 Å². The van der Waals surface area contributed by atoms with Crippen LogP contribution >= 0.6 is 11.8 Å². The molecule has 2 heterocycles. The van der Waals surface area contributed by atoms with Gasteiger partial charge in [-0.25, -0.2) is 8.96 Å². The van der Waals surface area contributed by atoms with Gasteiger partial charge in [-0.2, -0.15) is 0 Å². The van der Waals surface area contributed by atoms with E-state index in [1.54, 1.807) is 15.0 Å². The molecule has 0 spiro atoms. The number of carbonyl (C=O) groups excluding carboxylic acids is 1. The number of carbonyl (C=O) groups is 1. The first kappa shape index (κ1) is 20.1. The Morgan fingerprint density at radius 3 is 2.47 bits per heavy atom. The summed E-state index contributed by atoms with van der Waals surface area (Å²) < 4.78 is 16.5. The van der Waals surface area contributed by atoms with Crippen molar-refractivity contribution in [2.24, 2.45) is 0 Å². The second-order valence-corrected chi connectivity index (χ2v) is 8.22. The van der Waals surface area contributed by atoms with Gasteiger partial charge < -0.3 is 0 Å². The van der Waals surface area contributed by atoms with Crippen molar-refractivity contribution in [2.75, 3.05) is 5.75 Å². The summed E-state index contributed by atoms with van der Waals surface area (Å²) in [5, 5.41) is 9.61. The lowest BCUT2D eigenvalue weighted by atomic mass is 10.1. The molecule has 0 saturated carbocycles. The quantitative estimate of drug-likeness (QED) is 0.296. The molecule has 3 aromatic carbocycles. The number of halogens is 1. The predicted molar refractivity (Wildman–Crippen MR) is 122 cm³/mol. The minimum Gasteiger partial charge on any atom is -0.293 e. The van der Waals surface area contributed by atoms with Gasteiger partial charge in [0.1, 0.15) is 5.82 Å². The van der Waals surface area contributed by atoms with Crippen LogP contribution < -0.4 is 5.56 Å². The van der Waals surface area contributed by atoms with E-state index in [0.29, 0.717) is 27.4 Å². The summed E-state index contributed by atoms with van der Waals surface area (Å²) in [5.41, 5.74) is 2.55. The van der Waals surface area contributed by atoms with Gasteiger partial charge in [-0.15, -0.1) is 10.2 Å². The molecular weight excluding hydrogens is 427 g/mol. The van der Waals surface area contributed by atoms with Crippen LogP contribution in [0.1, 0.15) is 15.9 Å². The van der Waals surface area contributed by atoms with Crippen LogP contribution in [0.4, 0.5) is 4.39 Å². The zero-order chi connectivity index (χ0) is 22.2. The summed E-state index contributed by atoms with van der Waals surface area (Å²) in [6.45, 7) is 1.93. The van der Waals surface area contributed by atoms with Crippen molar-refractivity contribution in [1.82, 2.24) is 19.2 Å². The Morgan fingerprint density at radius 2 is 1.69 bits per heavy atom. The Labute approximate surface area is 186 Å². The largest absolute Gasteiger partial charge is 0.293 e. The molecule has 2 aromatic heterocycles. The van der Waals surface area contributed by atoms with Crippen molar-refractivity contribution in [1.29, 1.82) is 0 Å². The van der Waals surface area contributed by atoms with Crippen molar-refractivity contribution < 1.29 is 9.18 Å². The first-order valence-electron chi connectivity index (χ1n) is 9.91. The fraction of sp³-hybridized carbons (Fsp3) is 0.0833. The Balaban J connectivity index is 1.64. The number of nitrogens with zero attached hydrogens (tertiary/aromatic N) is 4. The molecular formula is C24H17FN4O2S. The third kappa shape index (κ3) is 3.38. The van der Waals surface area contributed by atoms with E-state index < -0.39 is 5.82 Å². The smallest absolute Gasteiger partial charge is 0.267 e. The topological polar surface area (TPSA) is 69.3 Å². The number of Topliss-reactive ketones (excluding diaryl/α,β-unsaturated/α-hetero) is 1. The summed E-state index contributed by atoms with van der Waals surface area (Å²) in [6.07, 6.45) is 0. The normalized spacial score (nSPS) is 11.3. The second-order valence-electron chi connectivity index (χ2n) is 7.28. The van der Waals surface area contributed by atoms with E-state index in [-0.39, 0.29) is 17.1 Å². The lowest BCUT2D eigenvalue weighted by molar-refractivity contribution is 0.102. The molecule has 0 fully saturated rings. The zero-order valence-corrected chi connectivity index (χ0v) is 17.8. The zero-order valence-electron chi connectivity index (χ0n) is 17.0. The lowest BCUT2D eigenvalue weighted by Gasteiger charge is -2.13. The van der Waals surface area contributed by atoms with Crippen molar-refractivity contribution in [3.63, 3.8) is 0 Å². The van der Waals surface area contributed by atoms with Crippen molar-refractivity contribution in [3.8, 4) is 5.69 Å². The van der Waals surface area contributed by atoms with Crippen LogP contribution in [0, 0.1) is 12.7 Å². The highest BCUT2D eigenvalue weighted by Gasteiger charge is 2.19. The fourth-order valence-electron chi connectivity index (χ4n) is 3.65. The van der Waals surface area contributed by atoms with Crippen LogP contribution in [0.3, 0.4) is 0 Å². The number of benzene rings is 3. The molecule has 0 unspecified atom stereocenters. The molecule has 0 aliphatic rings. The Bertz CT molecular complexity index is 1540. The number of rotatable bonds is 5. The molecule has 0 atom stereocenters. The summed E-state index contributed by atoms with van der Waals surface area (Å²) in [4.78, 5) is 26.0. The third-order valence-electron chi connectivity index (χ3n) is 5.25. The van der Waals surface area contributed by atoms with E-state index in [1.807, 2.05) is 49.4 Å². The summed E-state index contributed by atoms with van der Waals surface area (Å²) in [5.74, 6) is -0.0640. The van der Waals surface area contributed by atoms with Gasteiger partial charge in [-0.1, -0.05) is 42.1 Å². The highest BCUT2D eigenvalue weighted by atomic mass is 32.2. The first-order chi connectivity index (χ1) is 15.5. The van der Waals surface area contributed by atoms with Crippen LogP contribution in [-0.2, 0) is 0 Å². The van der Waals surface area contributed by atoms with Crippen LogP contribution in [-0.4, -0.2) is 30.7 Å². The highest BCUT2D eigenvalue weighted by Crippen LogP contribution is 2.24. The molecule has 6 nitrogen and oxygen atoms in total. The van der Waals surface area contributed by atoms with E-state index in [4.69, 9.17) is 0 Å². The number of thioether (sulfide) groups is 1. The minimum atomic E-state index is -0.390. The van der Waals surface area contributed by atoms with Gasteiger partial charge in [0, 0.05) is 5.56 Å². The number of ketones is 1. The monoisotopic (exact) mass is 444 g/mol. The molecule has 0 radical (unpaired) electrons. The number of para-hydroxylation sites is 2. The van der Waals surface area contributed by atoms with E-state index in [9.17, 15) is 14.0 Å². The standard InChI is InChI=1S/C24H17FN4O2S/c1-15-6-2-4-8-19(15)28-22(31)18-7-3-5-9-20(18)29-23(28)26-27-24(29)32-14-21(30)16-10-12-17(25)13-11-16/h2-13H,14H2,1H3. The fourth-order valence-corrected chi connectivity index (χ4v) is 4.49. The van der Waals surface area contributed by atoms with Crippen molar-refractivity contribution in [3.05, 3.63) is 100 Å². The molecule has 0 amide bonds. The van der Waals surface area contributed by atoms with Crippen LogP contribution in [0.25, 0.3) is 22.4 Å². The van der Waals surface area contributed by atoms with Crippen LogP contribution in [0.15, 0.2) is 82.7 Å². The highest BCUT2D eigenvalue weighted by molar-refractivity contribution is 7.99. The van der Waals surface area contributed by atoms with Gasteiger partial charge in [0.25, 0.3) is 5.56 Å². The van der Waals surface area contributed by atoms with E-state index in [2.05, 4.69) is 10.2 Å². The maximum absolute atomic E-state index is 13.4. The number of aromatic nitrogens is 4. The Morgan fingerprint density at radius 1 is 0.969 bits per heavy atom. The van der Waals surface area contributed by atoms with Crippen molar-refractivity contribution >= 4 is 34.2 Å². The van der Waals surface area contributed by atoms with Crippen LogP contribution in [0.2, 0.25) is 0 Å².